The van der Waals surface area contributed by atoms with Gasteiger partial charge in [0.2, 0.25) is 5.91 Å². The Morgan fingerprint density at radius 2 is 1.71 bits per heavy atom. The van der Waals surface area contributed by atoms with Crippen LogP contribution >= 0.6 is 11.6 Å². The van der Waals surface area contributed by atoms with Gasteiger partial charge in [-0.15, -0.1) is 0 Å². The number of carbonyl (C=O) groups excluding carboxylic acids is 1. The van der Waals surface area contributed by atoms with Crippen LogP contribution in [0.2, 0.25) is 5.02 Å². The summed E-state index contributed by atoms with van der Waals surface area (Å²) >= 11 is 6.46. The summed E-state index contributed by atoms with van der Waals surface area (Å²) in [5.74, 6) is -1.34. The molecule has 1 saturated carbocycles. The van der Waals surface area contributed by atoms with Gasteiger partial charge >= 0.3 is 5.97 Å². The third kappa shape index (κ3) is 6.21. The first-order chi connectivity index (χ1) is 19.6. The number of carboxylic acid groups (broad SMARTS) is 1. The van der Waals surface area contributed by atoms with E-state index >= 15 is 0 Å². The Balaban J connectivity index is 1.58. The van der Waals surface area contributed by atoms with Gasteiger partial charge in [0.25, 0.3) is 0 Å². The molecule has 222 valence electrons. The van der Waals surface area contributed by atoms with Crippen LogP contribution in [0.5, 0.6) is 0 Å². The average Bonchev–Trinajstić information content (AvgIpc) is 3.33. The summed E-state index contributed by atoms with van der Waals surface area (Å²) in [6.45, 7) is 8.30. The van der Waals surface area contributed by atoms with Gasteiger partial charge < -0.3 is 20.1 Å². The molecule has 7 heteroatoms. The number of carboxylic acids is 1. The Kier molecular flexibility index (Phi) is 9.13. The molecule has 0 aromatic heterocycles. The number of ether oxygens (including phenoxy) is 1. The van der Waals surface area contributed by atoms with Gasteiger partial charge in [-0.3, -0.25) is 4.79 Å². The summed E-state index contributed by atoms with van der Waals surface area (Å²) in [7, 11) is 0. The molecule has 2 heterocycles. The molecule has 0 spiro atoms. The van der Waals surface area contributed by atoms with E-state index in [2.05, 4.69) is 38.2 Å². The lowest BCUT2D eigenvalue weighted by Crippen LogP contribution is -2.51. The van der Waals surface area contributed by atoms with Crippen molar-refractivity contribution in [2.24, 2.45) is 17.3 Å². The van der Waals surface area contributed by atoms with E-state index < -0.39 is 12.0 Å². The minimum Gasteiger partial charge on any atom is -0.480 e. The van der Waals surface area contributed by atoms with Gasteiger partial charge in [0, 0.05) is 48.1 Å². The first-order valence-corrected chi connectivity index (χ1v) is 15.7. The first kappa shape index (κ1) is 30.1. The Bertz CT molecular complexity index is 1200. The fourth-order valence-electron chi connectivity index (χ4n) is 7.75. The summed E-state index contributed by atoms with van der Waals surface area (Å²) in [4.78, 5) is 29.3. The van der Waals surface area contributed by atoms with Crippen LogP contribution in [0.25, 0.3) is 0 Å². The fourth-order valence-corrected chi connectivity index (χ4v) is 7.94. The van der Waals surface area contributed by atoms with E-state index in [1.807, 2.05) is 42.5 Å². The monoisotopic (exact) mass is 580 g/mol. The predicted octanol–water partition coefficient (Wildman–Crippen LogP) is 6.63. The van der Waals surface area contributed by atoms with Crippen LogP contribution in [0.4, 0.5) is 0 Å². The number of carbonyl (C=O) groups is 2. The molecule has 0 bridgehead atoms. The van der Waals surface area contributed by atoms with Crippen molar-refractivity contribution in [1.29, 1.82) is 0 Å². The smallest absolute Gasteiger partial charge is 0.326 e. The molecule has 2 N–H and O–H groups in total. The topological polar surface area (TPSA) is 78.9 Å². The highest BCUT2D eigenvalue weighted by Crippen LogP contribution is 2.50. The van der Waals surface area contributed by atoms with Gasteiger partial charge in [0.15, 0.2) is 0 Å². The van der Waals surface area contributed by atoms with Crippen molar-refractivity contribution in [2.45, 2.75) is 89.3 Å². The lowest BCUT2D eigenvalue weighted by atomic mass is 9.71. The van der Waals surface area contributed by atoms with Crippen LogP contribution in [-0.4, -0.2) is 53.7 Å². The van der Waals surface area contributed by atoms with Gasteiger partial charge in [-0.1, -0.05) is 94.1 Å². The molecule has 0 unspecified atom stereocenters. The quantitative estimate of drug-likeness (QED) is 0.384. The van der Waals surface area contributed by atoms with Crippen LogP contribution in [0, 0.1) is 17.3 Å². The Hall–Kier alpha value is -2.41. The van der Waals surface area contributed by atoms with E-state index in [0.29, 0.717) is 24.8 Å². The zero-order chi connectivity index (χ0) is 29.2. The van der Waals surface area contributed by atoms with Crippen LogP contribution in [-0.2, 0) is 19.7 Å². The minimum absolute atomic E-state index is 0.000115. The van der Waals surface area contributed by atoms with Gasteiger partial charge in [0.1, 0.15) is 6.04 Å². The van der Waals surface area contributed by atoms with E-state index in [9.17, 15) is 14.7 Å². The molecular weight excluding hydrogens is 536 g/mol. The maximum absolute atomic E-state index is 14.3. The van der Waals surface area contributed by atoms with Crippen molar-refractivity contribution in [2.75, 3.05) is 19.8 Å². The largest absolute Gasteiger partial charge is 0.480 e. The van der Waals surface area contributed by atoms with Crippen LogP contribution in [0.3, 0.4) is 0 Å². The zero-order valence-corrected chi connectivity index (χ0v) is 25.4. The second-order valence-electron chi connectivity index (χ2n) is 13.4. The van der Waals surface area contributed by atoms with Gasteiger partial charge in [-0.25, -0.2) is 4.79 Å². The van der Waals surface area contributed by atoms with Crippen LogP contribution in [0.1, 0.15) is 82.9 Å². The van der Waals surface area contributed by atoms with Crippen molar-refractivity contribution >= 4 is 23.5 Å². The Labute approximate surface area is 249 Å². The van der Waals surface area contributed by atoms with E-state index in [4.69, 9.17) is 16.3 Å². The molecule has 0 radical (unpaired) electrons. The molecule has 4 atom stereocenters. The second-order valence-corrected chi connectivity index (χ2v) is 13.9. The maximum Gasteiger partial charge on any atom is 0.326 e. The zero-order valence-electron chi connectivity index (χ0n) is 24.7. The maximum atomic E-state index is 14.3. The van der Waals surface area contributed by atoms with Gasteiger partial charge in [-0.2, -0.15) is 0 Å². The predicted molar refractivity (Wildman–Crippen MR) is 162 cm³/mol. The molecular formula is C34H45ClN2O4. The number of hydrogen-bond acceptors (Lipinski definition) is 4. The third-order valence-corrected chi connectivity index (χ3v) is 10.1. The highest BCUT2D eigenvalue weighted by atomic mass is 35.5. The van der Waals surface area contributed by atoms with Crippen molar-refractivity contribution in [3.05, 3.63) is 70.7 Å². The Morgan fingerprint density at radius 1 is 1.02 bits per heavy atom. The van der Waals surface area contributed by atoms with Crippen LogP contribution in [0.15, 0.2) is 54.6 Å². The summed E-state index contributed by atoms with van der Waals surface area (Å²) < 4.78 is 5.79. The summed E-state index contributed by atoms with van der Waals surface area (Å²) in [6.07, 6.45) is 6.53. The van der Waals surface area contributed by atoms with E-state index in [-0.39, 0.29) is 40.7 Å². The second kappa shape index (κ2) is 12.4. The van der Waals surface area contributed by atoms with E-state index in [0.717, 1.165) is 50.5 Å². The number of halogens is 1. The standard InChI is InChI=1S/C34H45ClN2O4/c1-33(2,3)27-28(36-22-34(17-19-41-20-18-34)25-15-10-16-26(35)21-25)29(23-11-6-4-7-12-23)37(30(27)32(39)40)31(38)24-13-8-5-9-14-24/h4,6-7,10-12,15-16,21,24,27-30,36H,5,8-9,13-14,17-20,22H2,1-3H3,(H,39,40)/t27-,28-,29-,30-/m0/s1. The fraction of sp³-hybridized carbons (Fsp3) is 0.588. The third-order valence-electron chi connectivity index (χ3n) is 9.83. The van der Waals surface area contributed by atoms with Gasteiger partial charge in [0.05, 0.1) is 6.04 Å². The number of amides is 1. The highest BCUT2D eigenvalue weighted by Gasteiger charge is 2.58. The molecule has 2 aromatic carbocycles. The number of benzene rings is 2. The number of hydrogen-bond donors (Lipinski definition) is 2. The molecule has 1 aliphatic carbocycles. The van der Waals surface area contributed by atoms with Crippen molar-refractivity contribution in [1.82, 2.24) is 10.2 Å². The molecule has 5 rings (SSSR count). The van der Waals surface area contributed by atoms with E-state index in [1.165, 1.54) is 5.56 Å². The van der Waals surface area contributed by atoms with Crippen molar-refractivity contribution < 1.29 is 19.4 Å². The minimum atomic E-state index is -0.921. The molecule has 2 saturated heterocycles. The summed E-state index contributed by atoms with van der Waals surface area (Å²) in [5.41, 5.74) is 1.59. The van der Waals surface area contributed by atoms with Crippen LogP contribution < -0.4 is 5.32 Å². The number of nitrogens with one attached hydrogen (secondary N) is 1. The van der Waals surface area contributed by atoms with Gasteiger partial charge in [-0.05, 0) is 54.4 Å². The molecule has 1 amide bonds. The number of likely N-dealkylation sites (tertiary alicyclic amines) is 1. The lowest BCUT2D eigenvalue weighted by Gasteiger charge is -2.41. The first-order valence-electron chi connectivity index (χ1n) is 15.3. The van der Waals surface area contributed by atoms with Crippen molar-refractivity contribution in [3.8, 4) is 0 Å². The summed E-state index contributed by atoms with van der Waals surface area (Å²) in [6, 6.07) is 16.6. The molecule has 6 nitrogen and oxygen atoms in total. The van der Waals surface area contributed by atoms with Crippen molar-refractivity contribution in [3.63, 3.8) is 0 Å². The Morgan fingerprint density at radius 3 is 2.32 bits per heavy atom. The lowest BCUT2D eigenvalue weighted by molar-refractivity contribution is -0.154. The summed E-state index contributed by atoms with van der Waals surface area (Å²) in [5, 5.41) is 15.4. The normalized spacial score (nSPS) is 27.1. The molecule has 3 aliphatic rings. The number of rotatable bonds is 7. The molecule has 41 heavy (non-hydrogen) atoms. The molecule has 2 aliphatic heterocycles. The van der Waals surface area contributed by atoms with E-state index in [1.54, 1.807) is 4.90 Å². The average molecular weight is 581 g/mol. The SMILES string of the molecule is CC(C)(C)[C@H]1[C@H](NCC2(c3cccc(Cl)c3)CCOCC2)[C@H](c2ccccc2)N(C(=O)C2CCCCC2)[C@@H]1C(=O)O. The highest BCUT2D eigenvalue weighted by molar-refractivity contribution is 6.30. The number of nitrogens with zero attached hydrogens (tertiary/aromatic N) is 1. The molecule has 2 aromatic rings. The molecule has 3 fully saturated rings. The number of aliphatic carboxylic acids is 1.